The number of likely N-dealkylation sites (N-methyl/N-ethyl adjacent to an activating group) is 2. The molecule has 2 aromatic carbocycles. The van der Waals surface area contributed by atoms with Crippen molar-refractivity contribution in [2.75, 3.05) is 27.2 Å². The summed E-state index contributed by atoms with van der Waals surface area (Å²) in [4.78, 5) is 14.8. The minimum atomic E-state index is -0.593. The predicted molar refractivity (Wildman–Crippen MR) is 126 cm³/mol. The summed E-state index contributed by atoms with van der Waals surface area (Å²) in [7, 11) is 3.90. The molecule has 0 aliphatic carbocycles. The molecule has 34 heavy (non-hydrogen) atoms. The molecular weight excluding hydrogens is 436 g/mol. The average Bonchev–Trinajstić information content (AvgIpc) is 3.59. The molecule has 0 amide bonds. The number of nitrogens with one attached hydrogen (secondary N) is 1. The van der Waals surface area contributed by atoms with E-state index in [9.17, 15) is 15.0 Å². The third-order valence-electron chi connectivity index (χ3n) is 6.98. The molecule has 7 atom stereocenters. The van der Waals surface area contributed by atoms with E-state index in [2.05, 4.69) is 17.3 Å². The topological polar surface area (TPSA) is 115 Å². The number of aliphatic hydroxyl groups is 2. The summed E-state index contributed by atoms with van der Waals surface area (Å²) in [5.41, 5.74) is 1.53. The van der Waals surface area contributed by atoms with E-state index in [1.165, 1.54) is 0 Å². The van der Waals surface area contributed by atoms with E-state index in [1.807, 2.05) is 30.3 Å². The average molecular weight is 471 g/mol. The number of benzene rings is 2. The van der Waals surface area contributed by atoms with Gasteiger partial charge in [-0.3, -0.25) is 9.69 Å². The zero-order valence-corrected chi connectivity index (χ0v) is 19.6. The predicted octanol–water partition coefficient (Wildman–Crippen LogP) is 1.56. The Kier molecular flexibility index (Phi) is 7.85. The molecule has 1 unspecified atom stereocenters. The van der Waals surface area contributed by atoms with Crippen LogP contribution in [0.5, 0.6) is 5.75 Å². The number of epoxide rings is 1. The van der Waals surface area contributed by atoms with Crippen molar-refractivity contribution in [3.8, 4) is 5.75 Å². The minimum absolute atomic E-state index is 0.0622. The fourth-order valence-electron chi connectivity index (χ4n) is 5.09. The van der Waals surface area contributed by atoms with E-state index >= 15 is 0 Å². The molecule has 3 aliphatic rings. The molecule has 3 fully saturated rings. The standard InChI is InChI=1S/C17H21NO4.C9H13NO2/c1-18-13-7-11(8-14(18)16-15(13)22-16)21-17(20)12(9-19)10-5-3-2-4-6-10;1-10-6-9(12)7-3-2-4-8(11)5-7/h2-6,11-16,19H,7-9H2,1H3;2-5,9-12H,6H2,1H3/t11?,12-,13-,14+,15-,16+;9-/m10/s1. The lowest BCUT2D eigenvalue weighted by atomic mass is 9.97. The van der Waals surface area contributed by atoms with E-state index in [-0.39, 0.29) is 24.4 Å². The van der Waals surface area contributed by atoms with E-state index < -0.39 is 12.0 Å². The summed E-state index contributed by atoms with van der Waals surface area (Å²) in [6.45, 7) is 0.264. The Balaban J connectivity index is 0.000000195. The van der Waals surface area contributed by atoms with Gasteiger partial charge >= 0.3 is 5.97 Å². The van der Waals surface area contributed by atoms with Crippen molar-refractivity contribution in [2.45, 2.75) is 55.3 Å². The normalized spacial score (nSPS) is 28.8. The number of phenols is 1. The third kappa shape index (κ3) is 5.42. The highest BCUT2D eigenvalue weighted by molar-refractivity contribution is 5.78. The summed E-state index contributed by atoms with van der Waals surface area (Å²) in [6, 6.07) is 16.7. The zero-order chi connectivity index (χ0) is 24.2. The Morgan fingerprint density at radius 2 is 1.76 bits per heavy atom. The number of carbonyl (C=O) groups is 1. The first-order valence-electron chi connectivity index (χ1n) is 11.8. The number of fused-ring (bicyclic) bond motifs is 5. The molecule has 2 bridgehead atoms. The minimum Gasteiger partial charge on any atom is -0.508 e. The molecular formula is C26H34N2O6. The van der Waals surface area contributed by atoms with E-state index in [0.29, 0.717) is 30.8 Å². The summed E-state index contributed by atoms with van der Waals surface area (Å²) < 4.78 is 11.4. The number of aliphatic hydroxyl groups excluding tert-OH is 2. The molecule has 3 aliphatic heterocycles. The van der Waals surface area contributed by atoms with Gasteiger partial charge in [0.05, 0.1) is 12.7 Å². The number of esters is 1. The molecule has 3 saturated heterocycles. The highest BCUT2D eigenvalue weighted by atomic mass is 16.6. The lowest BCUT2D eigenvalue weighted by molar-refractivity contribution is -0.156. The van der Waals surface area contributed by atoms with Gasteiger partial charge in [-0.2, -0.15) is 0 Å². The number of hydrogen-bond acceptors (Lipinski definition) is 8. The van der Waals surface area contributed by atoms with Gasteiger partial charge in [-0.25, -0.2) is 0 Å². The Labute approximate surface area is 200 Å². The van der Waals surface area contributed by atoms with Crippen molar-refractivity contribution in [1.82, 2.24) is 10.2 Å². The first kappa shape index (κ1) is 24.6. The fourth-order valence-corrected chi connectivity index (χ4v) is 5.09. The maximum Gasteiger partial charge on any atom is 0.316 e. The quantitative estimate of drug-likeness (QED) is 0.356. The maximum atomic E-state index is 12.4. The van der Waals surface area contributed by atoms with Gasteiger partial charge in [0, 0.05) is 31.5 Å². The number of rotatable bonds is 7. The summed E-state index contributed by atoms with van der Waals surface area (Å²) in [6.07, 6.45) is 1.71. The first-order valence-corrected chi connectivity index (χ1v) is 11.8. The Morgan fingerprint density at radius 3 is 2.35 bits per heavy atom. The highest BCUT2D eigenvalue weighted by Crippen LogP contribution is 2.48. The fraction of sp³-hybridized carbons (Fsp3) is 0.500. The number of carbonyl (C=O) groups excluding carboxylic acids is 1. The van der Waals surface area contributed by atoms with Gasteiger partial charge in [0.1, 0.15) is 30.0 Å². The van der Waals surface area contributed by atoms with Crippen molar-refractivity contribution in [3.63, 3.8) is 0 Å². The smallest absolute Gasteiger partial charge is 0.316 e. The second kappa shape index (κ2) is 10.8. The number of morpholine rings is 1. The van der Waals surface area contributed by atoms with Gasteiger partial charge in [-0.15, -0.1) is 0 Å². The molecule has 0 radical (unpaired) electrons. The molecule has 0 saturated carbocycles. The number of nitrogens with zero attached hydrogens (tertiary/aromatic N) is 1. The van der Waals surface area contributed by atoms with Crippen LogP contribution in [-0.4, -0.2) is 83.8 Å². The number of hydrogen-bond donors (Lipinski definition) is 4. The first-order chi connectivity index (χ1) is 16.4. The van der Waals surface area contributed by atoms with Crippen molar-refractivity contribution in [3.05, 3.63) is 65.7 Å². The number of piperidine rings is 1. The van der Waals surface area contributed by atoms with Crippen LogP contribution in [0, 0.1) is 0 Å². The van der Waals surface area contributed by atoms with Crippen molar-refractivity contribution < 1.29 is 29.6 Å². The Hall–Kier alpha value is -2.49. The van der Waals surface area contributed by atoms with E-state index in [0.717, 1.165) is 24.0 Å². The van der Waals surface area contributed by atoms with Gasteiger partial charge in [-0.05, 0) is 37.4 Å². The lowest BCUT2D eigenvalue weighted by Gasteiger charge is -2.38. The van der Waals surface area contributed by atoms with Gasteiger partial charge in [0.25, 0.3) is 0 Å². The van der Waals surface area contributed by atoms with Crippen LogP contribution in [0.1, 0.15) is 36.0 Å². The maximum absolute atomic E-state index is 12.4. The Morgan fingerprint density at radius 1 is 1.12 bits per heavy atom. The molecule has 3 heterocycles. The summed E-state index contributed by atoms with van der Waals surface area (Å²) in [5, 5.41) is 31.0. The zero-order valence-electron chi connectivity index (χ0n) is 19.6. The Bertz CT molecular complexity index is 939. The largest absolute Gasteiger partial charge is 0.508 e. The van der Waals surface area contributed by atoms with E-state index in [1.54, 1.807) is 31.3 Å². The molecule has 184 valence electrons. The van der Waals surface area contributed by atoms with Gasteiger partial charge in [0.2, 0.25) is 0 Å². The van der Waals surface area contributed by atoms with Crippen molar-refractivity contribution >= 4 is 5.97 Å². The third-order valence-corrected chi connectivity index (χ3v) is 6.98. The van der Waals surface area contributed by atoms with Crippen LogP contribution in [0.15, 0.2) is 54.6 Å². The SMILES string of the molecule is CN1[C@@H]2CC(OC(=O)[C@H](CO)c3ccccc3)C[C@H]1[C@@H]1O[C@@H]12.CNC[C@H](O)c1cccc(O)c1. The molecule has 8 nitrogen and oxygen atoms in total. The van der Waals surface area contributed by atoms with Gasteiger partial charge in [0.15, 0.2) is 0 Å². The second-order valence-electron chi connectivity index (χ2n) is 9.21. The van der Waals surface area contributed by atoms with Crippen LogP contribution in [0.25, 0.3) is 0 Å². The van der Waals surface area contributed by atoms with Crippen LogP contribution < -0.4 is 5.32 Å². The van der Waals surface area contributed by atoms with Crippen LogP contribution in [0.2, 0.25) is 0 Å². The second-order valence-corrected chi connectivity index (χ2v) is 9.21. The van der Waals surface area contributed by atoms with E-state index in [4.69, 9.17) is 14.6 Å². The van der Waals surface area contributed by atoms with Crippen LogP contribution in [0.4, 0.5) is 0 Å². The van der Waals surface area contributed by atoms with Crippen LogP contribution in [-0.2, 0) is 14.3 Å². The van der Waals surface area contributed by atoms with Gasteiger partial charge in [-0.1, -0.05) is 42.5 Å². The van der Waals surface area contributed by atoms with Gasteiger partial charge < -0.3 is 30.1 Å². The van der Waals surface area contributed by atoms with Crippen molar-refractivity contribution in [1.29, 1.82) is 0 Å². The van der Waals surface area contributed by atoms with Crippen molar-refractivity contribution in [2.24, 2.45) is 0 Å². The lowest BCUT2D eigenvalue weighted by Crippen LogP contribution is -2.48. The molecule has 8 heteroatoms. The monoisotopic (exact) mass is 470 g/mol. The highest BCUT2D eigenvalue weighted by Gasteiger charge is 2.62. The molecule has 4 N–H and O–H groups in total. The summed E-state index contributed by atoms with van der Waals surface area (Å²) >= 11 is 0. The molecule has 2 aromatic rings. The molecule has 0 aromatic heterocycles. The molecule has 0 spiro atoms. The van der Waals surface area contributed by atoms with Crippen LogP contribution in [0.3, 0.4) is 0 Å². The number of ether oxygens (including phenoxy) is 2. The number of aromatic hydroxyl groups is 1. The summed E-state index contributed by atoms with van der Waals surface area (Å²) in [5.74, 6) is -0.732. The molecule has 5 rings (SSSR count). The van der Waals surface area contributed by atoms with Crippen LogP contribution >= 0.6 is 0 Å². The number of phenolic OH excluding ortho intramolecular Hbond substituents is 1.